The van der Waals surface area contributed by atoms with Crippen LogP contribution in [-0.2, 0) is 10.3 Å². The molecule has 1 heterocycles. The first kappa shape index (κ1) is 15.2. The van der Waals surface area contributed by atoms with E-state index in [2.05, 4.69) is 10.4 Å². The molecule has 2 N–H and O–H groups in total. The van der Waals surface area contributed by atoms with Crippen LogP contribution in [0.3, 0.4) is 0 Å². The van der Waals surface area contributed by atoms with Crippen LogP contribution in [0.4, 0.5) is 0 Å². The molecule has 0 saturated heterocycles. The van der Waals surface area contributed by atoms with Crippen LogP contribution >= 0.6 is 0 Å². The van der Waals surface area contributed by atoms with Gasteiger partial charge in [-0.25, -0.2) is 4.79 Å². The van der Waals surface area contributed by atoms with Gasteiger partial charge in [-0.15, -0.1) is 0 Å². The Labute approximate surface area is 112 Å². The fourth-order valence-electron chi connectivity index (χ4n) is 1.67. The summed E-state index contributed by atoms with van der Waals surface area (Å²) < 4.78 is 1.75. The van der Waals surface area contributed by atoms with E-state index in [1.807, 2.05) is 27.7 Å². The Morgan fingerprint density at radius 1 is 1.26 bits per heavy atom. The van der Waals surface area contributed by atoms with Crippen molar-refractivity contribution in [2.45, 2.75) is 52.6 Å². The quantitative estimate of drug-likeness (QED) is 0.870. The lowest BCUT2D eigenvalue weighted by molar-refractivity contribution is -0.143. The number of carbonyl (C=O) groups is 2. The number of nitrogens with one attached hydrogen (secondary N) is 1. The third-order valence-electron chi connectivity index (χ3n) is 2.72. The molecule has 0 atom stereocenters. The second-order valence-electron chi connectivity index (χ2n) is 6.14. The molecule has 0 aromatic carbocycles. The van der Waals surface area contributed by atoms with Crippen molar-refractivity contribution in [2.75, 3.05) is 0 Å². The summed E-state index contributed by atoms with van der Waals surface area (Å²) >= 11 is 0. The molecule has 106 valence electrons. The molecule has 1 aromatic rings. The minimum atomic E-state index is -1.32. The van der Waals surface area contributed by atoms with E-state index in [0.29, 0.717) is 0 Å². The van der Waals surface area contributed by atoms with Gasteiger partial charge in [-0.3, -0.25) is 9.48 Å². The van der Waals surface area contributed by atoms with Gasteiger partial charge in [-0.1, -0.05) is 0 Å². The minimum absolute atomic E-state index is 0.224. The van der Waals surface area contributed by atoms with Crippen LogP contribution in [0, 0.1) is 6.92 Å². The normalized spacial score (nSPS) is 12.3. The lowest BCUT2D eigenvalue weighted by atomic mass is 10.1. The van der Waals surface area contributed by atoms with Crippen LogP contribution in [-0.4, -0.2) is 32.3 Å². The summed E-state index contributed by atoms with van der Waals surface area (Å²) in [4.78, 5) is 23.0. The Kier molecular flexibility index (Phi) is 3.74. The summed E-state index contributed by atoms with van der Waals surface area (Å²) in [5.41, 5.74) is -0.478. The van der Waals surface area contributed by atoms with Gasteiger partial charge < -0.3 is 10.4 Å². The lowest BCUT2D eigenvalue weighted by Gasteiger charge is -2.21. The summed E-state index contributed by atoms with van der Waals surface area (Å²) in [6, 6.07) is 1.65. The number of nitrogens with zero attached hydrogens (tertiary/aromatic N) is 2. The molecule has 6 nitrogen and oxygen atoms in total. The smallest absolute Gasteiger partial charge is 0.328 e. The molecule has 6 heteroatoms. The second-order valence-corrected chi connectivity index (χ2v) is 6.14. The van der Waals surface area contributed by atoms with Gasteiger partial charge in [0.2, 0.25) is 0 Å². The highest BCUT2D eigenvalue weighted by atomic mass is 16.4. The zero-order valence-corrected chi connectivity index (χ0v) is 12.2. The Morgan fingerprint density at radius 3 is 2.16 bits per heavy atom. The number of hydrogen-bond donors (Lipinski definition) is 2. The molecule has 0 fully saturated rings. The van der Waals surface area contributed by atoms with E-state index in [4.69, 9.17) is 5.11 Å². The van der Waals surface area contributed by atoms with Gasteiger partial charge in [-0.2, -0.15) is 5.10 Å². The molecular weight excluding hydrogens is 246 g/mol. The summed E-state index contributed by atoms with van der Waals surface area (Å²) in [5, 5.41) is 15.7. The van der Waals surface area contributed by atoms with Gasteiger partial charge in [0.05, 0.1) is 5.54 Å². The number of hydrogen-bond acceptors (Lipinski definition) is 3. The maximum absolute atomic E-state index is 12.0. The number of amides is 1. The molecule has 1 amide bonds. The van der Waals surface area contributed by atoms with Gasteiger partial charge in [0.15, 0.2) is 0 Å². The van der Waals surface area contributed by atoms with E-state index in [9.17, 15) is 9.59 Å². The Balaban J connectivity index is 3.00. The van der Waals surface area contributed by atoms with E-state index < -0.39 is 17.4 Å². The third-order valence-corrected chi connectivity index (χ3v) is 2.72. The number of carboxylic acids is 1. The standard InChI is InChI=1S/C13H21N3O3/c1-8-7-9(15-16(8)12(2,3)4)10(17)14-13(5,6)11(18)19/h7H,1-6H3,(H,14,17)(H,18,19). The second kappa shape index (κ2) is 4.68. The van der Waals surface area contributed by atoms with E-state index in [0.717, 1.165) is 5.69 Å². The molecule has 0 bridgehead atoms. The summed E-state index contributed by atoms with van der Waals surface area (Å²) in [6.45, 7) is 10.7. The molecule has 0 aliphatic rings. The van der Waals surface area contributed by atoms with Crippen molar-refractivity contribution in [3.05, 3.63) is 17.5 Å². The lowest BCUT2D eigenvalue weighted by Crippen LogP contribution is -2.49. The number of aromatic nitrogens is 2. The van der Waals surface area contributed by atoms with Crippen LogP contribution in [0.25, 0.3) is 0 Å². The van der Waals surface area contributed by atoms with E-state index in [-0.39, 0.29) is 11.2 Å². The van der Waals surface area contributed by atoms with E-state index in [1.54, 1.807) is 10.7 Å². The first-order valence-corrected chi connectivity index (χ1v) is 6.08. The number of carboxylic acid groups (broad SMARTS) is 1. The van der Waals surface area contributed by atoms with Crippen molar-refractivity contribution in [2.24, 2.45) is 0 Å². The summed E-state index contributed by atoms with van der Waals surface area (Å²) in [7, 11) is 0. The van der Waals surface area contributed by atoms with Gasteiger partial charge in [0, 0.05) is 5.69 Å². The predicted octanol–water partition coefficient (Wildman–Crippen LogP) is 1.54. The maximum atomic E-state index is 12.0. The number of aryl methyl sites for hydroxylation is 1. The fraction of sp³-hybridized carbons (Fsp3) is 0.615. The molecule has 1 aromatic heterocycles. The zero-order chi connectivity index (χ0) is 15.0. The van der Waals surface area contributed by atoms with Crippen molar-refractivity contribution in [1.82, 2.24) is 15.1 Å². The Hall–Kier alpha value is -1.85. The maximum Gasteiger partial charge on any atom is 0.328 e. The first-order valence-electron chi connectivity index (χ1n) is 6.08. The largest absolute Gasteiger partial charge is 0.480 e. The van der Waals surface area contributed by atoms with Gasteiger partial charge >= 0.3 is 5.97 Å². The Bertz CT molecular complexity index is 510. The van der Waals surface area contributed by atoms with Crippen molar-refractivity contribution in [1.29, 1.82) is 0 Å². The highest BCUT2D eigenvalue weighted by Gasteiger charge is 2.30. The molecule has 0 radical (unpaired) electrons. The summed E-state index contributed by atoms with van der Waals surface area (Å²) in [5.74, 6) is -1.58. The zero-order valence-electron chi connectivity index (χ0n) is 12.2. The van der Waals surface area contributed by atoms with Crippen molar-refractivity contribution >= 4 is 11.9 Å². The van der Waals surface area contributed by atoms with Crippen molar-refractivity contribution < 1.29 is 14.7 Å². The SMILES string of the molecule is Cc1cc(C(=O)NC(C)(C)C(=O)O)nn1C(C)(C)C. The average Bonchev–Trinajstić information content (AvgIpc) is 2.58. The van der Waals surface area contributed by atoms with Crippen molar-refractivity contribution in [3.8, 4) is 0 Å². The molecule has 1 rings (SSSR count). The Morgan fingerprint density at radius 2 is 1.79 bits per heavy atom. The van der Waals surface area contributed by atoms with E-state index >= 15 is 0 Å². The number of rotatable bonds is 3. The molecule has 0 unspecified atom stereocenters. The molecule has 0 aliphatic heterocycles. The summed E-state index contributed by atoms with van der Waals surface area (Å²) in [6.07, 6.45) is 0. The van der Waals surface area contributed by atoms with Gasteiger partial charge in [0.1, 0.15) is 11.2 Å². The highest BCUT2D eigenvalue weighted by Crippen LogP contribution is 2.17. The van der Waals surface area contributed by atoms with Crippen LogP contribution < -0.4 is 5.32 Å². The fourth-order valence-corrected chi connectivity index (χ4v) is 1.67. The van der Waals surface area contributed by atoms with Crippen molar-refractivity contribution in [3.63, 3.8) is 0 Å². The monoisotopic (exact) mass is 267 g/mol. The molecular formula is C13H21N3O3. The van der Waals surface area contributed by atoms with Crippen LogP contribution in [0.2, 0.25) is 0 Å². The van der Waals surface area contributed by atoms with E-state index in [1.165, 1.54) is 13.8 Å². The highest BCUT2D eigenvalue weighted by molar-refractivity contribution is 5.96. The predicted molar refractivity (Wildman–Crippen MR) is 71.1 cm³/mol. The number of aliphatic carboxylic acids is 1. The van der Waals surface area contributed by atoms with Gasteiger partial charge in [0.25, 0.3) is 5.91 Å². The topological polar surface area (TPSA) is 84.2 Å². The third kappa shape index (κ3) is 3.33. The van der Waals surface area contributed by atoms with Crippen LogP contribution in [0.1, 0.15) is 50.8 Å². The van der Waals surface area contributed by atoms with Gasteiger partial charge in [-0.05, 0) is 47.6 Å². The minimum Gasteiger partial charge on any atom is -0.480 e. The van der Waals surface area contributed by atoms with Crippen LogP contribution in [0.5, 0.6) is 0 Å². The molecule has 0 saturated carbocycles. The number of carbonyl (C=O) groups excluding carboxylic acids is 1. The first-order chi connectivity index (χ1) is 8.45. The molecule has 0 aliphatic carbocycles. The van der Waals surface area contributed by atoms with Crippen LogP contribution in [0.15, 0.2) is 6.07 Å². The average molecular weight is 267 g/mol. The molecule has 19 heavy (non-hydrogen) atoms. The molecule has 0 spiro atoms.